The van der Waals surface area contributed by atoms with Gasteiger partial charge in [-0.3, -0.25) is 4.79 Å². The number of nitrogens with two attached hydrogens (primary N) is 1. The van der Waals surface area contributed by atoms with Gasteiger partial charge in [0.15, 0.2) is 11.8 Å². The molecule has 10 heteroatoms. The number of carbonyl (C=O) groups excluding carboxylic acids is 2. The van der Waals surface area contributed by atoms with Crippen LogP contribution in [0.3, 0.4) is 0 Å². The number of hydrogen-bond acceptors (Lipinski definition) is 6. The lowest BCUT2D eigenvalue weighted by Gasteiger charge is -2.13. The number of primary sulfonamides is 1. The molecule has 0 unspecified atom stereocenters. The minimum atomic E-state index is -3.90. The molecule has 0 aliphatic heterocycles. The molecule has 0 saturated heterocycles. The predicted molar refractivity (Wildman–Crippen MR) is 101 cm³/mol. The minimum absolute atomic E-state index is 0.0742. The monoisotopic (exact) mass is 402 g/mol. The number of amides is 1. The predicted octanol–water partition coefficient (Wildman–Crippen LogP) is 1.47. The summed E-state index contributed by atoms with van der Waals surface area (Å²) in [7, 11) is -3.90. The topological polar surface area (TPSA) is 133 Å². The smallest absolute Gasteiger partial charge is 0.359 e. The number of imidazole rings is 1. The Kier molecular flexibility index (Phi) is 5.16. The second-order valence-corrected chi connectivity index (χ2v) is 7.69. The normalized spacial score (nSPS) is 12.5. The van der Waals surface area contributed by atoms with E-state index in [0.29, 0.717) is 5.65 Å². The third-order valence-electron chi connectivity index (χ3n) is 3.99. The Morgan fingerprint density at radius 2 is 1.93 bits per heavy atom. The average molecular weight is 402 g/mol. The summed E-state index contributed by atoms with van der Waals surface area (Å²) < 4.78 is 29.7. The summed E-state index contributed by atoms with van der Waals surface area (Å²) in [6, 6.07) is 10.9. The average Bonchev–Trinajstić information content (AvgIpc) is 3.07. The Balaban J connectivity index is 1.70. The van der Waals surface area contributed by atoms with E-state index in [0.717, 1.165) is 5.69 Å². The van der Waals surface area contributed by atoms with Crippen molar-refractivity contribution in [2.24, 2.45) is 5.14 Å². The number of aryl methyl sites for hydroxylation is 1. The molecule has 3 N–H and O–H groups in total. The first kappa shape index (κ1) is 19.5. The molecule has 2 aromatic heterocycles. The summed E-state index contributed by atoms with van der Waals surface area (Å²) in [5.74, 6) is -1.37. The van der Waals surface area contributed by atoms with Crippen molar-refractivity contribution in [1.82, 2.24) is 9.38 Å². The highest BCUT2D eigenvalue weighted by molar-refractivity contribution is 7.89. The summed E-state index contributed by atoms with van der Waals surface area (Å²) >= 11 is 0. The third-order valence-corrected chi connectivity index (χ3v) is 4.90. The van der Waals surface area contributed by atoms with Gasteiger partial charge in [-0.2, -0.15) is 0 Å². The van der Waals surface area contributed by atoms with Crippen LogP contribution in [0.5, 0.6) is 0 Å². The third kappa shape index (κ3) is 4.18. The second-order valence-electron chi connectivity index (χ2n) is 6.13. The van der Waals surface area contributed by atoms with Gasteiger partial charge in [0.25, 0.3) is 5.91 Å². The van der Waals surface area contributed by atoms with Gasteiger partial charge in [-0.25, -0.2) is 23.3 Å². The Labute approximate surface area is 161 Å². The number of anilines is 1. The molecule has 2 heterocycles. The van der Waals surface area contributed by atoms with Crippen molar-refractivity contribution >= 4 is 33.2 Å². The second kappa shape index (κ2) is 7.41. The number of rotatable bonds is 5. The molecule has 9 nitrogen and oxygen atoms in total. The van der Waals surface area contributed by atoms with Gasteiger partial charge >= 0.3 is 5.97 Å². The van der Waals surface area contributed by atoms with Crippen LogP contribution in [0.1, 0.15) is 23.1 Å². The summed E-state index contributed by atoms with van der Waals surface area (Å²) in [5.41, 5.74) is 1.77. The lowest BCUT2D eigenvalue weighted by Crippen LogP contribution is -2.30. The number of esters is 1. The maximum Gasteiger partial charge on any atom is 0.359 e. The maximum absolute atomic E-state index is 12.3. The van der Waals surface area contributed by atoms with Gasteiger partial charge in [0, 0.05) is 17.6 Å². The van der Waals surface area contributed by atoms with Gasteiger partial charge in [-0.1, -0.05) is 12.1 Å². The maximum atomic E-state index is 12.3. The van der Waals surface area contributed by atoms with Crippen LogP contribution in [0.4, 0.5) is 5.69 Å². The van der Waals surface area contributed by atoms with Crippen molar-refractivity contribution in [3.63, 3.8) is 0 Å². The first-order chi connectivity index (χ1) is 13.1. The highest BCUT2D eigenvalue weighted by atomic mass is 32.2. The molecule has 0 saturated carbocycles. The van der Waals surface area contributed by atoms with E-state index in [1.54, 1.807) is 10.5 Å². The first-order valence-corrected chi connectivity index (χ1v) is 9.79. The summed E-state index contributed by atoms with van der Waals surface area (Å²) in [6.45, 7) is 3.27. The van der Waals surface area contributed by atoms with Crippen molar-refractivity contribution in [3.8, 4) is 0 Å². The zero-order valence-electron chi connectivity index (χ0n) is 15.1. The van der Waals surface area contributed by atoms with Gasteiger partial charge in [0.05, 0.1) is 4.90 Å². The molecule has 146 valence electrons. The molecule has 0 fully saturated rings. The number of nitrogens with one attached hydrogen (secondary N) is 1. The summed E-state index contributed by atoms with van der Waals surface area (Å²) in [5, 5.41) is 7.56. The lowest BCUT2D eigenvalue weighted by atomic mass is 10.3. The fourth-order valence-electron chi connectivity index (χ4n) is 2.52. The zero-order chi connectivity index (χ0) is 20.5. The fraction of sp³-hybridized carbons (Fsp3) is 0.167. The van der Waals surface area contributed by atoms with Crippen LogP contribution in [-0.2, 0) is 19.6 Å². The van der Waals surface area contributed by atoms with Crippen molar-refractivity contribution < 1.29 is 22.7 Å². The van der Waals surface area contributed by atoms with Crippen molar-refractivity contribution in [1.29, 1.82) is 0 Å². The van der Waals surface area contributed by atoms with Crippen molar-refractivity contribution in [3.05, 3.63) is 60.0 Å². The van der Waals surface area contributed by atoms with E-state index in [1.165, 1.54) is 37.4 Å². The molecule has 0 aliphatic rings. The number of ether oxygens (including phenoxy) is 1. The zero-order valence-corrected chi connectivity index (χ0v) is 15.9. The number of pyridine rings is 1. The molecule has 0 aliphatic carbocycles. The number of aromatic nitrogens is 2. The molecule has 1 aromatic carbocycles. The Morgan fingerprint density at radius 1 is 1.21 bits per heavy atom. The van der Waals surface area contributed by atoms with E-state index in [1.807, 2.05) is 19.1 Å². The number of benzene rings is 1. The van der Waals surface area contributed by atoms with Crippen molar-refractivity contribution in [2.75, 3.05) is 5.32 Å². The molecule has 3 rings (SSSR count). The highest BCUT2D eigenvalue weighted by Gasteiger charge is 2.21. The van der Waals surface area contributed by atoms with Gasteiger partial charge < -0.3 is 14.5 Å². The molecular weight excluding hydrogens is 384 g/mol. The van der Waals surface area contributed by atoms with E-state index in [-0.39, 0.29) is 16.3 Å². The lowest BCUT2D eigenvalue weighted by molar-refractivity contribution is -0.123. The van der Waals surface area contributed by atoms with Crippen LogP contribution in [-0.4, -0.2) is 35.8 Å². The van der Waals surface area contributed by atoms with Crippen LogP contribution in [0, 0.1) is 6.92 Å². The van der Waals surface area contributed by atoms with Gasteiger partial charge in [-0.15, -0.1) is 0 Å². The quantitative estimate of drug-likeness (QED) is 0.621. The summed E-state index contributed by atoms with van der Waals surface area (Å²) in [4.78, 5) is 28.6. The minimum Gasteiger partial charge on any atom is -0.448 e. The molecule has 0 radical (unpaired) electrons. The van der Waals surface area contributed by atoms with Crippen LogP contribution < -0.4 is 10.5 Å². The van der Waals surface area contributed by atoms with Crippen LogP contribution in [0.2, 0.25) is 0 Å². The Morgan fingerprint density at radius 3 is 2.61 bits per heavy atom. The van der Waals surface area contributed by atoms with Gasteiger partial charge in [-0.05, 0) is 44.2 Å². The van der Waals surface area contributed by atoms with E-state index < -0.39 is 28.0 Å². The van der Waals surface area contributed by atoms with Crippen LogP contribution in [0.25, 0.3) is 5.65 Å². The van der Waals surface area contributed by atoms with E-state index in [9.17, 15) is 18.0 Å². The molecule has 3 aromatic rings. The highest BCUT2D eigenvalue weighted by Crippen LogP contribution is 2.15. The van der Waals surface area contributed by atoms with E-state index in [4.69, 9.17) is 9.88 Å². The number of carbonyl (C=O) groups is 2. The molecular formula is C18H18N4O5S. The number of hydrogen-bond donors (Lipinski definition) is 2. The Bertz CT molecular complexity index is 1170. The molecule has 28 heavy (non-hydrogen) atoms. The molecule has 1 atom stereocenters. The largest absolute Gasteiger partial charge is 0.448 e. The van der Waals surface area contributed by atoms with Crippen LogP contribution >= 0.6 is 0 Å². The first-order valence-electron chi connectivity index (χ1n) is 8.24. The standard InChI is InChI=1S/C18H18N4O5S/c1-11-5-3-8-16-21-15(10-22(11)16)18(24)27-12(2)17(23)20-13-6-4-7-14(9-13)28(19,25)26/h3-10,12H,1-2H3,(H,20,23)(H2,19,25,26)/t12-/m0/s1. The molecule has 0 spiro atoms. The molecule has 0 bridgehead atoms. The Hall–Kier alpha value is -3.24. The fourth-order valence-corrected chi connectivity index (χ4v) is 3.08. The number of sulfonamides is 1. The van der Waals surface area contributed by atoms with Gasteiger partial charge in [0.2, 0.25) is 10.0 Å². The number of nitrogens with zero attached hydrogens (tertiary/aromatic N) is 2. The van der Waals surface area contributed by atoms with Crippen LogP contribution in [0.15, 0.2) is 53.6 Å². The van der Waals surface area contributed by atoms with Gasteiger partial charge in [0.1, 0.15) is 5.65 Å². The number of fused-ring (bicyclic) bond motifs is 1. The summed E-state index contributed by atoms with van der Waals surface area (Å²) in [6.07, 6.45) is 0.407. The van der Waals surface area contributed by atoms with E-state index >= 15 is 0 Å². The SMILES string of the molecule is Cc1cccc2nc(C(=O)O[C@@H](C)C(=O)Nc3cccc(S(N)(=O)=O)c3)cn12. The molecule has 1 amide bonds. The van der Waals surface area contributed by atoms with E-state index in [2.05, 4.69) is 10.3 Å². The van der Waals surface area contributed by atoms with Crippen molar-refractivity contribution in [2.45, 2.75) is 24.8 Å².